The molecule has 1 amide bonds. The predicted molar refractivity (Wildman–Crippen MR) is 113 cm³/mol. The number of ether oxygens (including phenoxy) is 1. The summed E-state index contributed by atoms with van der Waals surface area (Å²) in [4.78, 5) is 12.0. The van der Waals surface area contributed by atoms with Gasteiger partial charge in [-0.3, -0.25) is 4.79 Å². The minimum Gasteiger partial charge on any atom is -0.375 e. The predicted octanol–water partition coefficient (Wildman–Crippen LogP) is 4.93. The van der Waals surface area contributed by atoms with Crippen LogP contribution < -0.4 is 5.32 Å². The lowest BCUT2D eigenvalue weighted by Gasteiger charge is -2.29. The van der Waals surface area contributed by atoms with Gasteiger partial charge in [0.1, 0.15) is 0 Å². The Bertz CT molecular complexity index is 707. The van der Waals surface area contributed by atoms with E-state index in [0.717, 1.165) is 37.0 Å². The summed E-state index contributed by atoms with van der Waals surface area (Å²) >= 11 is 0. The maximum absolute atomic E-state index is 12.0. The highest BCUT2D eigenvalue weighted by Crippen LogP contribution is 2.52. The number of nitrogens with one attached hydrogen (secondary N) is 1. The number of carbonyl (C=O) groups excluding carboxylic acids is 1. The standard InChI is InChI=1S/C25H33NO2/c27-25(26-14-15-28-18-20-4-1-2-5-20)7-3-6-19-8-10-21(11-9-19)24-16-22-12-13-23(22)17-24/h1-2,4,8-11,22-24H,3,5-7,12-18H2,(H,26,27). The summed E-state index contributed by atoms with van der Waals surface area (Å²) < 4.78 is 5.59. The Morgan fingerprint density at radius 2 is 1.89 bits per heavy atom. The van der Waals surface area contributed by atoms with E-state index in [2.05, 4.69) is 47.8 Å². The minimum absolute atomic E-state index is 0.128. The van der Waals surface area contributed by atoms with Crippen molar-refractivity contribution in [3.8, 4) is 0 Å². The molecular weight excluding hydrogens is 346 g/mol. The third kappa shape index (κ3) is 5.14. The summed E-state index contributed by atoms with van der Waals surface area (Å²) in [5.74, 6) is 2.96. The van der Waals surface area contributed by atoms with Crippen LogP contribution in [0.1, 0.15) is 62.0 Å². The Labute approximate surface area is 169 Å². The average molecular weight is 380 g/mol. The molecule has 1 aromatic carbocycles. The van der Waals surface area contributed by atoms with Gasteiger partial charge in [-0.1, -0.05) is 42.5 Å². The first-order valence-corrected chi connectivity index (χ1v) is 11.1. The SMILES string of the molecule is O=C(CCCc1ccc(C2CC3CCC3C2)cc1)NCCOCC1=CC=CC1. The molecule has 150 valence electrons. The van der Waals surface area contributed by atoms with Gasteiger partial charge in [-0.15, -0.1) is 0 Å². The molecule has 4 rings (SSSR count). The fourth-order valence-corrected chi connectivity index (χ4v) is 4.92. The maximum atomic E-state index is 12.0. The molecule has 0 saturated heterocycles. The molecule has 2 atom stereocenters. The van der Waals surface area contributed by atoms with E-state index >= 15 is 0 Å². The second kappa shape index (κ2) is 9.56. The van der Waals surface area contributed by atoms with Crippen molar-refractivity contribution in [2.24, 2.45) is 11.8 Å². The second-order valence-corrected chi connectivity index (χ2v) is 8.72. The zero-order valence-corrected chi connectivity index (χ0v) is 16.9. The fourth-order valence-electron chi connectivity index (χ4n) is 4.92. The lowest BCUT2D eigenvalue weighted by molar-refractivity contribution is -0.121. The zero-order valence-electron chi connectivity index (χ0n) is 16.9. The van der Waals surface area contributed by atoms with Gasteiger partial charge in [-0.2, -0.15) is 0 Å². The van der Waals surface area contributed by atoms with Crippen LogP contribution in [-0.4, -0.2) is 25.7 Å². The highest BCUT2D eigenvalue weighted by Gasteiger charge is 2.40. The molecule has 0 spiro atoms. The van der Waals surface area contributed by atoms with Gasteiger partial charge in [-0.05, 0) is 79.4 Å². The van der Waals surface area contributed by atoms with Crippen molar-refractivity contribution in [1.82, 2.24) is 5.32 Å². The Morgan fingerprint density at radius 3 is 2.57 bits per heavy atom. The fraction of sp³-hybridized carbons (Fsp3) is 0.560. The van der Waals surface area contributed by atoms with E-state index in [1.54, 1.807) is 0 Å². The largest absolute Gasteiger partial charge is 0.375 e. The van der Waals surface area contributed by atoms with Crippen LogP contribution in [-0.2, 0) is 16.0 Å². The lowest BCUT2D eigenvalue weighted by atomic mass is 9.77. The molecule has 2 saturated carbocycles. The van der Waals surface area contributed by atoms with Crippen molar-refractivity contribution in [2.75, 3.05) is 19.8 Å². The molecule has 28 heavy (non-hydrogen) atoms. The number of aryl methyl sites for hydroxylation is 1. The second-order valence-electron chi connectivity index (χ2n) is 8.72. The lowest BCUT2D eigenvalue weighted by Crippen LogP contribution is -2.27. The van der Waals surface area contributed by atoms with E-state index < -0.39 is 0 Å². The van der Waals surface area contributed by atoms with E-state index in [4.69, 9.17) is 4.74 Å². The highest BCUT2D eigenvalue weighted by molar-refractivity contribution is 5.75. The normalized spacial score (nSPS) is 25.3. The molecule has 2 unspecified atom stereocenters. The Hall–Kier alpha value is -1.87. The smallest absolute Gasteiger partial charge is 0.220 e. The van der Waals surface area contributed by atoms with E-state index in [1.807, 2.05) is 0 Å². The summed E-state index contributed by atoms with van der Waals surface area (Å²) in [5.41, 5.74) is 4.18. The van der Waals surface area contributed by atoms with Crippen molar-refractivity contribution >= 4 is 5.91 Å². The quantitative estimate of drug-likeness (QED) is 0.585. The van der Waals surface area contributed by atoms with Crippen LogP contribution >= 0.6 is 0 Å². The number of fused-ring (bicyclic) bond motifs is 1. The molecule has 0 aromatic heterocycles. The van der Waals surface area contributed by atoms with Gasteiger partial charge in [0.15, 0.2) is 0 Å². The molecule has 3 aliphatic rings. The summed E-state index contributed by atoms with van der Waals surface area (Å²) in [6, 6.07) is 9.21. The van der Waals surface area contributed by atoms with E-state index in [-0.39, 0.29) is 5.91 Å². The number of amides is 1. The monoisotopic (exact) mass is 379 g/mol. The highest BCUT2D eigenvalue weighted by atomic mass is 16.5. The first kappa shape index (κ1) is 19.4. The topological polar surface area (TPSA) is 38.3 Å². The van der Waals surface area contributed by atoms with Gasteiger partial charge in [-0.25, -0.2) is 0 Å². The van der Waals surface area contributed by atoms with Crippen LogP contribution in [0.25, 0.3) is 0 Å². The summed E-state index contributed by atoms with van der Waals surface area (Å²) in [7, 11) is 0. The van der Waals surface area contributed by atoms with Crippen molar-refractivity contribution < 1.29 is 9.53 Å². The van der Waals surface area contributed by atoms with Crippen LogP contribution in [0, 0.1) is 11.8 Å². The number of benzene rings is 1. The van der Waals surface area contributed by atoms with Crippen molar-refractivity contribution in [2.45, 2.75) is 57.3 Å². The van der Waals surface area contributed by atoms with Gasteiger partial charge in [0, 0.05) is 13.0 Å². The van der Waals surface area contributed by atoms with E-state index in [0.29, 0.717) is 26.2 Å². The third-order valence-electron chi connectivity index (χ3n) is 6.77. The van der Waals surface area contributed by atoms with Gasteiger partial charge in [0.05, 0.1) is 13.2 Å². The molecule has 1 N–H and O–H groups in total. The van der Waals surface area contributed by atoms with Crippen LogP contribution in [0.4, 0.5) is 0 Å². The summed E-state index contributed by atoms with van der Waals surface area (Å²) in [6.07, 6.45) is 15.5. The summed E-state index contributed by atoms with van der Waals surface area (Å²) in [5, 5.41) is 2.96. The molecule has 0 bridgehead atoms. The first-order valence-electron chi connectivity index (χ1n) is 11.1. The molecule has 0 aliphatic heterocycles. The third-order valence-corrected chi connectivity index (χ3v) is 6.77. The number of allylic oxidation sites excluding steroid dienone is 3. The van der Waals surface area contributed by atoms with Gasteiger partial charge < -0.3 is 10.1 Å². The number of carbonyl (C=O) groups is 1. The Kier molecular flexibility index (Phi) is 6.64. The number of hydrogen-bond acceptors (Lipinski definition) is 2. The van der Waals surface area contributed by atoms with Gasteiger partial charge >= 0.3 is 0 Å². The van der Waals surface area contributed by atoms with Crippen molar-refractivity contribution in [3.05, 3.63) is 59.2 Å². The average Bonchev–Trinajstić information content (AvgIpc) is 3.30. The van der Waals surface area contributed by atoms with Crippen LogP contribution in [0.3, 0.4) is 0 Å². The Balaban J connectivity index is 1.07. The molecule has 0 radical (unpaired) electrons. The molecule has 0 heterocycles. The number of hydrogen-bond donors (Lipinski definition) is 1. The molecular formula is C25H33NO2. The van der Waals surface area contributed by atoms with Crippen molar-refractivity contribution in [1.29, 1.82) is 0 Å². The first-order chi connectivity index (χ1) is 13.8. The van der Waals surface area contributed by atoms with Gasteiger partial charge in [0.2, 0.25) is 5.91 Å². The summed E-state index contributed by atoms with van der Waals surface area (Å²) in [6.45, 7) is 1.84. The van der Waals surface area contributed by atoms with E-state index in [9.17, 15) is 4.79 Å². The van der Waals surface area contributed by atoms with Crippen LogP contribution in [0.15, 0.2) is 48.1 Å². The van der Waals surface area contributed by atoms with Crippen molar-refractivity contribution in [3.63, 3.8) is 0 Å². The number of rotatable bonds is 10. The van der Waals surface area contributed by atoms with E-state index in [1.165, 1.54) is 42.4 Å². The molecule has 2 fully saturated rings. The molecule has 3 aliphatic carbocycles. The minimum atomic E-state index is 0.128. The molecule has 3 nitrogen and oxygen atoms in total. The zero-order chi connectivity index (χ0) is 19.2. The molecule has 1 aromatic rings. The Morgan fingerprint density at radius 1 is 1.11 bits per heavy atom. The maximum Gasteiger partial charge on any atom is 0.220 e. The van der Waals surface area contributed by atoms with Crippen LogP contribution in [0.2, 0.25) is 0 Å². The van der Waals surface area contributed by atoms with Crippen LogP contribution in [0.5, 0.6) is 0 Å². The van der Waals surface area contributed by atoms with Gasteiger partial charge in [0.25, 0.3) is 0 Å². The molecule has 3 heteroatoms.